The van der Waals surface area contributed by atoms with Gasteiger partial charge in [0.1, 0.15) is 5.82 Å². The number of carbonyl (C=O) groups excluding carboxylic acids is 1. The quantitative estimate of drug-likeness (QED) is 0.821. The molecule has 5 nitrogen and oxygen atoms in total. The number of nitrogens with zero attached hydrogens (tertiary/aromatic N) is 2. The first kappa shape index (κ1) is 17.7. The molecule has 0 unspecified atom stereocenters. The summed E-state index contributed by atoms with van der Waals surface area (Å²) in [7, 11) is 0. The minimum absolute atomic E-state index is 0.0380. The lowest BCUT2D eigenvalue weighted by molar-refractivity contribution is -0.137. The Hall–Kier alpha value is -1.70. The van der Waals surface area contributed by atoms with E-state index >= 15 is 0 Å². The van der Waals surface area contributed by atoms with Crippen LogP contribution in [-0.2, 0) is 6.18 Å². The third-order valence-electron chi connectivity index (χ3n) is 3.61. The van der Waals surface area contributed by atoms with E-state index in [1.807, 2.05) is 4.90 Å². The number of urea groups is 1. The first-order valence-corrected chi connectivity index (χ1v) is 7.82. The Morgan fingerprint density at radius 2 is 2.04 bits per heavy atom. The summed E-state index contributed by atoms with van der Waals surface area (Å²) < 4.78 is 37.5. The van der Waals surface area contributed by atoms with Crippen molar-refractivity contribution in [3.63, 3.8) is 0 Å². The topological polar surface area (TPSA) is 57.3 Å². The van der Waals surface area contributed by atoms with Crippen molar-refractivity contribution in [3.05, 3.63) is 23.9 Å². The number of anilines is 1. The maximum atomic E-state index is 12.5. The van der Waals surface area contributed by atoms with Crippen molar-refractivity contribution in [2.45, 2.75) is 25.1 Å². The number of hydrogen-bond donors (Lipinski definition) is 2. The monoisotopic (exact) mass is 350 g/mol. The van der Waals surface area contributed by atoms with E-state index in [-0.39, 0.29) is 12.1 Å². The maximum Gasteiger partial charge on any atom is 0.417 e. The van der Waals surface area contributed by atoms with Crippen LogP contribution in [0.15, 0.2) is 18.3 Å². The summed E-state index contributed by atoms with van der Waals surface area (Å²) in [5.74, 6) is 0.869. The zero-order valence-corrected chi connectivity index (χ0v) is 13.1. The van der Waals surface area contributed by atoms with E-state index in [1.54, 1.807) is 0 Å². The highest BCUT2D eigenvalue weighted by molar-refractivity contribution is 6.18. The van der Waals surface area contributed by atoms with Crippen LogP contribution in [0.25, 0.3) is 0 Å². The zero-order valence-electron chi connectivity index (χ0n) is 12.4. The van der Waals surface area contributed by atoms with E-state index in [1.165, 1.54) is 6.07 Å². The molecule has 0 aliphatic carbocycles. The van der Waals surface area contributed by atoms with Gasteiger partial charge in [-0.2, -0.15) is 13.2 Å². The van der Waals surface area contributed by atoms with Crippen molar-refractivity contribution in [2.75, 3.05) is 30.4 Å². The van der Waals surface area contributed by atoms with E-state index < -0.39 is 11.7 Å². The van der Waals surface area contributed by atoms with Gasteiger partial charge in [-0.15, -0.1) is 11.6 Å². The molecule has 0 radical (unpaired) electrons. The summed E-state index contributed by atoms with van der Waals surface area (Å²) in [6.07, 6.45) is -2.12. The van der Waals surface area contributed by atoms with Gasteiger partial charge in [0.25, 0.3) is 0 Å². The van der Waals surface area contributed by atoms with Crippen molar-refractivity contribution in [1.82, 2.24) is 15.6 Å². The van der Waals surface area contributed by atoms with E-state index in [2.05, 4.69) is 15.6 Å². The van der Waals surface area contributed by atoms with Crippen LogP contribution in [0.5, 0.6) is 0 Å². The van der Waals surface area contributed by atoms with Crippen LogP contribution in [0, 0.1) is 0 Å². The number of alkyl halides is 4. The van der Waals surface area contributed by atoms with Gasteiger partial charge >= 0.3 is 12.2 Å². The van der Waals surface area contributed by atoms with E-state index in [0.29, 0.717) is 44.2 Å². The molecular weight excluding hydrogens is 333 g/mol. The van der Waals surface area contributed by atoms with Crippen LogP contribution in [0.1, 0.15) is 18.4 Å². The minimum Gasteiger partial charge on any atom is -0.356 e. The second-order valence-electron chi connectivity index (χ2n) is 5.25. The van der Waals surface area contributed by atoms with Crippen LogP contribution < -0.4 is 15.5 Å². The number of amides is 2. The largest absolute Gasteiger partial charge is 0.417 e. The molecule has 1 fully saturated rings. The van der Waals surface area contributed by atoms with Crippen molar-refractivity contribution >= 4 is 23.4 Å². The summed E-state index contributed by atoms with van der Waals surface area (Å²) in [5, 5.41) is 5.48. The van der Waals surface area contributed by atoms with E-state index in [4.69, 9.17) is 11.6 Å². The fraction of sp³-hybridized carbons (Fsp3) is 0.571. The summed E-state index contributed by atoms with van der Waals surface area (Å²) in [6.45, 7) is 1.65. The Bertz CT molecular complexity index is 516. The second kappa shape index (κ2) is 7.72. The number of aromatic nitrogens is 1. The van der Waals surface area contributed by atoms with Crippen molar-refractivity contribution in [3.8, 4) is 0 Å². The Labute approximate surface area is 137 Å². The summed E-state index contributed by atoms with van der Waals surface area (Å²) >= 11 is 5.49. The van der Waals surface area contributed by atoms with Crippen molar-refractivity contribution in [1.29, 1.82) is 0 Å². The molecule has 0 bridgehead atoms. The highest BCUT2D eigenvalue weighted by Gasteiger charge is 2.31. The number of rotatable bonds is 4. The molecule has 2 rings (SSSR count). The van der Waals surface area contributed by atoms with Crippen LogP contribution in [0.3, 0.4) is 0 Å². The zero-order chi connectivity index (χ0) is 16.9. The fourth-order valence-electron chi connectivity index (χ4n) is 2.39. The van der Waals surface area contributed by atoms with Crippen molar-refractivity contribution < 1.29 is 18.0 Å². The number of halogens is 4. The van der Waals surface area contributed by atoms with Gasteiger partial charge in [0.2, 0.25) is 0 Å². The van der Waals surface area contributed by atoms with Gasteiger partial charge in [0.05, 0.1) is 5.56 Å². The summed E-state index contributed by atoms with van der Waals surface area (Å²) in [5.41, 5.74) is -0.756. The average molecular weight is 351 g/mol. The molecule has 0 spiro atoms. The minimum atomic E-state index is -4.38. The molecule has 128 valence electrons. The Morgan fingerprint density at radius 3 is 2.57 bits per heavy atom. The molecule has 1 aliphatic heterocycles. The summed E-state index contributed by atoms with van der Waals surface area (Å²) in [4.78, 5) is 17.3. The van der Waals surface area contributed by atoms with Gasteiger partial charge in [-0.05, 0) is 25.0 Å². The maximum absolute atomic E-state index is 12.5. The number of nitrogens with one attached hydrogen (secondary N) is 2. The molecule has 0 atom stereocenters. The summed E-state index contributed by atoms with van der Waals surface area (Å²) in [6, 6.07) is 2.20. The smallest absolute Gasteiger partial charge is 0.356 e. The molecule has 1 aromatic heterocycles. The van der Waals surface area contributed by atoms with E-state index in [9.17, 15) is 18.0 Å². The van der Waals surface area contributed by atoms with Crippen LogP contribution >= 0.6 is 11.6 Å². The Morgan fingerprint density at radius 1 is 1.35 bits per heavy atom. The number of pyridine rings is 1. The van der Waals surface area contributed by atoms with Gasteiger partial charge < -0.3 is 15.5 Å². The number of carbonyl (C=O) groups is 1. The average Bonchev–Trinajstić information content (AvgIpc) is 2.53. The van der Waals surface area contributed by atoms with Crippen molar-refractivity contribution in [2.24, 2.45) is 0 Å². The third kappa shape index (κ3) is 5.16. The molecule has 23 heavy (non-hydrogen) atoms. The lowest BCUT2D eigenvalue weighted by atomic mass is 10.1. The standard InChI is InChI=1S/C14H18ClF3N4O/c15-5-6-19-13(23)21-11-3-7-22(8-4-11)12-2-1-10(9-20-12)14(16,17)18/h1-2,9,11H,3-8H2,(H2,19,21,23). The number of hydrogen-bond acceptors (Lipinski definition) is 3. The van der Waals surface area contributed by atoms with Crippen LogP contribution in [0.4, 0.5) is 23.8 Å². The molecule has 0 aromatic carbocycles. The molecule has 1 aromatic rings. The molecule has 2 N–H and O–H groups in total. The highest BCUT2D eigenvalue weighted by Crippen LogP contribution is 2.29. The van der Waals surface area contributed by atoms with Crippen LogP contribution in [0.2, 0.25) is 0 Å². The van der Waals surface area contributed by atoms with Gasteiger partial charge in [0.15, 0.2) is 0 Å². The molecule has 9 heteroatoms. The molecule has 1 saturated heterocycles. The fourth-order valence-corrected chi connectivity index (χ4v) is 2.49. The molecule has 2 heterocycles. The van der Waals surface area contributed by atoms with Crippen LogP contribution in [-0.4, -0.2) is 42.6 Å². The third-order valence-corrected chi connectivity index (χ3v) is 3.80. The Balaban J connectivity index is 1.83. The second-order valence-corrected chi connectivity index (χ2v) is 5.63. The molecule has 2 amide bonds. The molecule has 1 aliphatic rings. The molecule has 0 saturated carbocycles. The first-order chi connectivity index (χ1) is 10.9. The van der Waals surface area contributed by atoms with Gasteiger partial charge in [0, 0.05) is 37.8 Å². The highest BCUT2D eigenvalue weighted by atomic mass is 35.5. The molecular formula is C14H18ClF3N4O. The van der Waals surface area contributed by atoms with Gasteiger partial charge in [-0.3, -0.25) is 0 Å². The lowest BCUT2D eigenvalue weighted by Gasteiger charge is -2.33. The predicted octanol–water partition coefficient (Wildman–Crippen LogP) is 2.61. The first-order valence-electron chi connectivity index (χ1n) is 7.28. The lowest BCUT2D eigenvalue weighted by Crippen LogP contribution is -2.48. The van der Waals surface area contributed by atoms with E-state index in [0.717, 1.165) is 12.3 Å². The number of piperidine rings is 1. The predicted molar refractivity (Wildman–Crippen MR) is 81.7 cm³/mol. The van der Waals surface area contributed by atoms with Gasteiger partial charge in [-0.1, -0.05) is 0 Å². The Kier molecular flexibility index (Phi) is 5.92. The van der Waals surface area contributed by atoms with Gasteiger partial charge in [-0.25, -0.2) is 9.78 Å². The normalized spacial score (nSPS) is 16.3. The SMILES string of the molecule is O=C(NCCCl)NC1CCN(c2ccc(C(F)(F)F)cn2)CC1.